The highest BCUT2D eigenvalue weighted by atomic mass is 16.5. The molecule has 2 N–H and O–H groups in total. The normalized spacial score (nSPS) is 15.2. The molecule has 1 aromatic heterocycles. The fourth-order valence-electron chi connectivity index (χ4n) is 3.14. The van der Waals surface area contributed by atoms with Crippen LogP contribution in [0.4, 0.5) is 0 Å². The Balaban J connectivity index is 1.97. The van der Waals surface area contributed by atoms with E-state index in [9.17, 15) is 14.7 Å². The molecule has 1 heterocycles. The number of rotatable bonds is 7. The van der Waals surface area contributed by atoms with Gasteiger partial charge in [-0.25, -0.2) is 4.79 Å². The van der Waals surface area contributed by atoms with Crippen molar-refractivity contribution in [1.82, 2.24) is 9.55 Å². The molecule has 7 nitrogen and oxygen atoms in total. The average molecular weight is 358 g/mol. The molecule has 0 bridgehead atoms. The largest absolute Gasteiger partial charge is 0.493 e. The molecule has 0 saturated heterocycles. The van der Waals surface area contributed by atoms with E-state index in [-0.39, 0.29) is 18.2 Å². The van der Waals surface area contributed by atoms with E-state index < -0.39 is 5.97 Å². The molecule has 0 radical (unpaired) electrons. The number of aliphatic carboxylic acids is 1. The minimum Gasteiger partial charge on any atom is -0.493 e. The summed E-state index contributed by atoms with van der Waals surface area (Å²) in [5.74, 6) is 0.220. The zero-order chi connectivity index (χ0) is 18.5. The molecule has 0 spiro atoms. The summed E-state index contributed by atoms with van der Waals surface area (Å²) in [4.78, 5) is 25.6. The Kier molecular flexibility index (Phi) is 5.46. The lowest BCUT2D eigenvalue weighted by Crippen LogP contribution is -2.13. The lowest BCUT2D eigenvalue weighted by atomic mass is 10.0. The van der Waals surface area contributed by atoms with Gasteiger partial charge in [0.1, 0.15) is 0 Å². The summed E-state index contributed by atoms with van der Waals surface area (Å²) in [5, 5.41) is 9.25. The second-order valence-corrected chi connectivity index (χ2v) is 6.29. The van der Waals surface area contributed by atoms with Gasteiger partial charge in [0, 0.05) is 18.6 Å². The number of hydrogen-bond donors (Lipinski definition) is 2. The molecule has 1 fully saturated rings. The molecule has 0 unspecified atom stereocenters. The van der Waals surface area contributed by atoms with Crippen LogP contribution in [0.1, 0.15) is 37.7 Å². The number of H-pyrrole nitrogens is 1. The molecule has 138 valence electrons. The van der Waals surface area contributed by atoms with E-state index in [2.05, 4.69) is 4.98 Å². The van der Waals surface area contributed by atoms with Gasteiger partial charge in [0.25, 0.3) is 0 Å². The molecule has 3 rings (SSSR count). The fraction of sp³-hybridized carbons (Fsp3) is 0.368. The third-order valence-electron chi connectivity index (χ3n) is 4.44. The van der Waals surface area contributed by atoms with Crippen molar-refractivity contribution < 1.29 is 19.4 Å². The number of nitrogens with one attached hydrogen (secondary N) is 1. The van der Waals surface area contributed by atoms with E-state index in [1.807, 2.05) is 0 Å². The predicted molar refractivity (Wildman–Crippen MR) is 97.4 cm³/mol. The first-order valence-corrected chi connectivity index (χ1v) is 8.60. The standard InChI is InChI=1S/C19H22N2O5/c1-25-16-7-6-13(10-17(16)26-15-4-2-3-5-15)14(11-18(22)23)12-21-9-8-20-19(21)24/h6-10,12,15H,2-5,11H2,1H3,(H,20,24)(H,22,23)/b14-12-. The Morgan fingerprint density at radius 2 is 2.12 bits per heavy atom. The Morgan fingerprint density at radius 1 is 1.35 bits per heavy atom. The summed E-state index contributed by atoms with van der Waals surface area (Å²) < 4.78 is 12.8. The first-order valence-electron chi connectivity index (χ1n) is 8.60. The van der Waals surface area contributed by atoms with E-state index in [4.69, 9.17) is 9.47 Å². The molecule has 0 amide bonds. The molecule has 1 aromatic carbocycles. The zero-order valence-corrected chi connectivity index (χ0v) is 14.6. The highest BCUT2D eigenvalue weighted by Gasteiger charge is 2.19. The highest BCUT2D eigenvalue weighted by Crippen LogP contribution is 2.35. The number of carboxylic acid groups (broad SMARTS) is 1. The molecule has 0 atom stereocenters. The van der Waals surface area contributed by atoms with Crippen LogP contribution in [0.2, 0.25) is 0 Å². The third-order valence-corrected chi connectivity index (χ3v) is 4.44. The molecule has 7 heteroatoms. The van der Waals surface area contributed by atoms with E-state index >= 15 is 0 Å². The lowest BCUT2D eigenvalue weighted by Gasteiger charge is -2.17. The van der Waals surface area contributed by atoms with Crippen LogP contribution in [0.5, 0.6) is 11.5 Å². The predicted octanol–water partition coefficient (Wildman–Crippen LogP) is 2.98. The second kappa shape index (κ2) is 7.95. The summed E-state index contributed by atoms with van der Waals surface area (Å²) in [6.07, 6.45) is 8.80. The van der Waals surface area contributed by atoms with Crippen LogP contribution in [0.25, 0.3) is 11.8 Å². The second-order valence-electron chi connectivity index (χ2n) is 6.29. The van der Waals surface area contributed by atoms with Gasteiger partial charge in [0.2, 0.25) is 0 Å². The number of aromatic nitrogens is 2. The van der Waals surface area contributed by atoms with Crippen LogP contribution in [0, 0.1) is 0 Å². The number of aromatic amines is 1. The SMILES string of the molecule is COc1ccc(/C(=C\n2cc[nH]c2=O)CC(=O)O)cc1OC1CCCC1. The van der Waals surface area contributed by atoms with Gasteiger partial charge in [-0.15, -0.1) is 0 Å². The van der Waals surface area contributed by atoms with E-state index in [1.165, 1.54) is 17.0 Å². The van der Waals surface area contributed by atoms with Crippen LogP contribution in [0.3, 0.4) is 0 Å². The molecule has 26 heavy (non-hydrogen) atoms. The number of carboxylic acids is 1. The van der Waals surface area contributed by atoms with Crippen molar-refractivity contribution in [1.29, 1.82) is 0 Å². The maximum Gasteiger partial charge on any atom is 0.329 e. The van der Waals surface area contributed by atoms with Gasteiger partial charge in [-0.2, -0.15) is 0 Å². The molecule has 1 aliphatic rings. The molecule has 0 aliphatic heterocycles. The average Bonchev–Trinajstić information content (AvgIpc) is 3.26. The Hall–Kier alpha value is -2.96. The van der Waals surface area contributed by atoms with Gasteiger partial charge in [-0.05, 0) is 49.0 Å². The van der Waals surface area contributed by atoms with Crippen molar-refractivity contribution in [3.8, 4) is 11.5 Å². The van der Waals surface area contributed by atoms with Crippen LogP contribution >= 0.6 is 0 Å². The number of ether oxygens (including phenoxy) is 2. The van der Waals surface area contributed by atoms with Gasteiger partial charge in [0.05, 0.1) is 19.6 Å². The summed E-state index contributed by atoms with van der Waals surface area (Å²) in [6.45, 7) is 0. The van der Waals surface area contributed by atoms with E-state index in [0.29, 0.717) is 22.6 Å². The number of imidazole rings is 1. The molecular weight excluding hydrogens is 336 g/mol. The maximum absolute atomic E-state index is 11.7. The first kappa shape index (κ1) is 17.8. The van der Waals surface area contributed by atoms with Crippen molar-refractivity contribution in [3.05, 3.63) is 46.6 Å². The van der Waals surface area contributed by atoms with Gasteiger partial charge < -0.3 is 19.6 Å². The molecule has 1 aliphatic carbocycles. The van der Waals surface area contributed by atoms with E-state index in [1.54, 1.807) is 31.5 Å². The minimum atomic E-state index is -0.978. The van der Waals surface area contributed by atoms with Crippen LogP contribution in [-0.2, 0) is 4.79 Å². The summed E-state index contributed by atoms with van der Waals surface area (Å²) in [6, 6.07) is 5.31. The van der Waals surface area contributed by atoms with E-state index in [0.717, 1.165) is 25.7 Å². The summed E-state index contributed by atoms with van der Waals surface area (Å²) in [5.41, 5.74) is 0.844. The third kappa shape index (κ3) is 4.17. The zero-order valence-electron chi connectivity index (χ0n) is 14.6. The lowest BCUT2D eigenvalue weighted by molar-refractivity contribution is -0.135. The monoisotopic (exact) mass is 358 g/mol. The van der Waals surface area contributed by atoms with Crippen molar-refractivity contribution >= 4 is 17.7 Å². The maximum atomic E-state index is 11.7. The van der Waals surface area contributed by atoms with Crippen LogP contribution in [0.15, 0.2) is 35.4 Å². The van der Waals surface area contributed by atoms with Crippen molar-refractivity contribution in [2.45, 2.75) is 38.2 Å². The molecular formula is C19H22N2O5. The Labute approximate surface area is 150 Å². The number of benzene rings is 1. The number of carbonyl (C=O) groups is 1. The smallest absolute Gasteiger partial charge is 0.329 e. The highest BCUT2D eigenvalue weighted by molar-refractivity contribution is 5.89. The van der Waals surface area contributed by atoms with Crippen molar-refractivity contribution in [2.75, 3.05) is 7.11 Å². The number of nitrogens with zero attached hydrogens (tertiary/aromatic N) is 1. The Morgan fingerprint density at radius 3 is 2.73 bits per heavy atom. The van der Waals surface area contributed by atoms with Gasteiger partial charge in [-0.3, -0.25) is 9.36 Å². The van der Waals surface area contributed by atoms with Crippen molar-refractivity contribution in [3.63, 3.8) is 0 Å². The molecule has 1 saturated carbocycles. The summed E-state index contributed by atoms with van der Waals surface area (Å²) >= 11 is 0. The van der Waals surface area contributed by atoms with Gasteiger partial charge in [-0.1, -0.05) is 6.07 Å². The first-order chi connectivity index (χ1) is 12.6. The topological polar surface area (TPSA) is 93.6 Å². The fourth-order valence-corrected chi connectivity index (χ4v) is 3.14. The van der Waals surface area contributed by atoms with Gasteiger partial charge in [0.15, 0.2) is 11.5 Å². The number of hydrogen-bond acceptors (Lipinski definition) is 4. The minimum absolute atomic E-state index is 0.151. The summed E-state index contributed by atoms with van der Waals surface area (Å²) in [7, 11) is 1.57. The van der Waals surface area contributed by atoms with Gasteiger partial charge >= 0.3 is 11.7 Å². The van der Waals surface area contributed by atoms with Crippen LogP contribution in [-0.4, -0.2) is 33.8 Å². The number of methoxy groups -OCH3 is 1. The van der Waals surface area contributed by atoms with Crippen molar-refractivity contribution in [2.24, 2.45) is 0 Å². The Bertz CT molecular complexity index is 859. The quantitative estimate of drug-likeness (QED) is 0.794. The van der Waals surface area contributed by atoms with Crippen LogP contribution < -0.4 is 15.2 Å². The molecule has 2 aromatic rings.